The van der Waals surface area contributed by atoms with Gasteiger partial charge >= 0.3 is 0 Å². The zero-order chi connectivity index (χ0) is 19.0. The molecule has 4 rings (SSSR count). The number of anilines is 1. The largest absolute Gasteiger partial charge is 0.366 e. The summed E-state index contributed by atoms with van der Waals surface area (Å²) in [5, 5.41) is 4.55. The molecular formula is C21H25N5O. The second-order valence-electron chi connectivity index (χ2n) is 7.56. The summed E-state index contributed by atoms with van der Waals surface area (Å²) in [5.74, 6) is 0.751. The molecule has 1 aliphatic rings. The van der Waals surface area contributed by atoms with Crippen molar-refractivity contribution in [2.45, 2.75) is 32.7 Å². The van der Waals surface area contributed by atoms with Crippen molar-refractivity contribution in [2.75, 3.05) is 25.5 Å². The number of nitrogens with zero attached hydrogens (tertiary/aromatic N) is 3. The molecule has 4 heterocycles. The lowest BCUT2D eigenvalue weighted by molar-refractivity contribution is 0.263. The standard InChI is InChI=1S/C21H25N5O/c1-13-8-15(11-22-10-13)18-12-23-20(24-16-4-6-26(3)7-5-16)19-17(18)9-14(2)21(27)25-19/h8-12,16H,4-7H2,1-3H3,(H,23,24)(H,25,27). The lowest BCUT2D eigenvalue weighted by Gasteiger charge is -2.30. The van der Waals surface area contributed by atoms with Crippen molar-refractivity contribution in [3.63, 3.8) is 0 Å². The van der Waals surface area contributed by atoms with Crippen molar-refractivity contribution in [3.05, 3.63) is 52.2 Å². The molecule has 0 aliphatic carbocycles. The van der Waals surface area contributed by atoms with Crippen LogP contribution in [0.4, 0.5) is 5.82 Å². The molecule has 0 aromatic carbocycles. The highest BCUT2D eigenvalue weighted by atomic mass is 16.1. The number of hydrogen-bond donors (Lipinski definition) is 2. The molecule has 0 unspecified atom stereocenters. The Kier molecular flexibility index (Phi) is 4.66. The predicted molar refractivity (Wildman–Crippen MR) is 109 cm³/mol. The first-order valence-corrected chi connectivity index (χ1v) is 9.41. The highest BCUT2D eigenvalue weighted by molar-refractivity contribution is 5.99. The van der Waals surface area contributed by atoms with Gasteiger partial charge in [0.25, 0.3) is 5.56 Å². The lowest BCUT2D eigenvalue weighted by atomic mass is 10.0. The molecule has 1 aliphatic heterocycles. The molecule has 6 heteroatoms. The van der Waals surface area contributed by atoms with Gasteiger partial charge in [0.15, 0.2) is 5.82 Å². The molecule has 2 N–H and O–H groups in total. The smallest absolute Gasteiger partial charge is 0.251 e. The van der Waals surface area contributed by atoms with E-state index in [1.54, 1.807) is 0 Å². The van der Waals surface area contributed by atoms with Crippen LogP contribution in [0.2, 0.25) is 0 Å². The molecule has 27 heavy (non-hydrogen) atoms. The number of fused-ring (bicyclic) bond motifs is 1. The maximum absolute atomic E-state index is 12.3. The van der Waals surface area contributed by atoms with Gasteiger partial charge < -0.3 is 15.2 Å². The minimum atomic E-state index is -0.0738. The van der Waals surface area contributed by atoms with E-state index in [0.717, 1.165) is 59.3 Å². The molecule has 6 nitrogen and oxygen atoms in total. The average molecular weight is 363 g/mol. The van der Waals surface area contributed by atoms with Crippen LogP contribution in [0.3, 0.4) is 0 Å². The molecule has 0 spiro atoms. The summed E-state index contributed by atoms with van der Waals surface area (Å²) in [6.07, 6.45) is 7.70. The number of nitrogens with one attached hydrogen (secondary N) is 2. The Morgan fingerprint density at radius 2 is 1.93 bits per heavy atom. The van der Waals surface area contributed by atoms with Crippen LogP contribution in [-0.2, 0) is 0 Å². The van der Waals surface area contributed by atoms with E-state index in [4.69, 9.17) is 0 Å². The first kappa shape index (κ1) is 17.7. The third kappa shape index (κ3) is 3.57. The van der Waals surface area contributed by atoms with Gasteiger partial charge in [-0.15, -0.1) is 0 Å². The van der Waals surface area contributed by atoms with Gasteiger partial charge in [0, 0.05) is 46.7 Å². The summed E-state index contributed by atoms with van der Waals surface area (Å²) in [6, 6.07) is 4.41. The summed E-state index contributed by atoms with van der Waals surface area (Å²) < 4.78 is 0. The lowest BCUT2D eigenvalue weighted by Crippen LogP contribution is -2.37. The SMILES string of the molecule is Cc1cncc(-c2cnc(NC3CCN(C)CC3)c3[nH]c(=O)c(C)cc23)c1. The topological polar surface area (TPSA) is 73.9 Å². The number of aromatic amines is 1. The van der Waals surface area contributed by atoms with E-state index in [9.17, 15) is 4.79 Å². The monoisotopic (exact) mass is 363 g/mol. The highest BCUT2D eigenvalue weighted by Gasteiger charge is 2.19. The third-order valence-corrected chi connectivity index (χ3v) is 5.32. The van der Waals surface area contributed by atoms with Gasteiger partial charge in [-0.2, -0.15) is 0 Å². The van der Waals surface area contributed by atoms with Crippen LogP contribution in [0.1, 0.15) is 24.0 Å². The summed E-state index contributed by atoms with van der Waals surface area (Å²) in [7, 11) is 2.15. The fourth-order valence-corrected chi connectivity index (χ4v) is 3.68. The summed E-state index contributed by atoms with van der Waals surface area (Å²) >= 11 is 0. The Hall–Kier alpha value is -2.73. The third-order valence-electron chi connectivity index (χ3n) is 5.32. The second kappa shape index (κ2) is 7.12. The zero-order valence-corrected chi connectivity index (χ0v) is 16.0. The fraction of sp³-hybridized carbons (Fsp3) is 0.381. The fourth-order valence-electron chi connectivity index (χ4n) is 3.68. The zero-order valence-electron chi connectivity index (χ0n) is 16.0. The van der Waals surface area contributed by atoms with Gasteiger partial charge in [-0.05, 0) is 64.5 Å². The van der Waals surface area contributed by atoms with Crippen LogP contribution >= 0.6 is 0 Å². The Morgan fingerprint density at radius 3 is 2.67 bits per heavy atom. The molecular weight excluding hydrogens is 338 g/mol. The molecule has 0 amide bonds. The Labute approximate surface area is 158 Å². The van der Waals surface area contributed by atoms with Crippen molar-refractivity contribution in [3.8, 4) is 11.1 Å². The molecule has 3 aromatic rings. The molecule has 0 bridgehead atoms. The van der Waals surface area contributed by atoms with E-state index in [1.807, 2.05) is 38.5 Å². The predicted octanol–water partition coefficient (Wildman–Crippen LogP) is 3.11. The van der Waals surface area contributed by atoms with Crippen LogP contribution < -0.4 is 10.9 Å². The van der Waals surface area contributed by atoms with Crippen molar-refractivity contribution in [1.29, 1.82) is 0 Å². The molecule has 140 valence electrons. The number of hydrogen-bond acceptors (Lipinski definition) is 5. The number of pyridine rings is 3. The van der Waals surface area contributed by atoms with Gasteiger partial charge in [-0.25, -0.2) is 4.98 Å². The van der Waals surface area contributed by atoms with Crippen molar-refractivity contribution < 1.29 is 0 Å². The minimum absolute atomic E-state index is 0.0738. The molecule has 3 aromatic heterocycles. The van der Waals surface area contributed by atoms with Crippen LogP contribution in [0.5, 0.6) is 0 Å². The van der Waals surface area contributed by atoms with Crippen LogP contribution in [0.25, 0.3) is 22.0 Å². The van der Waals surface area contributed by atoms with Crippen molar-refractivity contribution >= 4 is 16.7 Å². The average Bonchev–Trinajstić information content (AvgIpc) is 2.65. The Morgan fingerprint density at radius 1 is 1.15 bits per heavy atom. The van der Waals surface area contributed by atoms with Gasteiger partial charge in [-0.1, -0.05) is 0 Å². The number of aryl methyl sites for hydroxylation is 2. The first-order chi connectivity index (χ1) is 13.0. The highest BCUT2D eigenvalue weighted by Crippen LogP contribution is 2.31. The summed E-state index contributed by atoms with van der Waals surface area (Å²) in [5.41, 5.74) is 4.47. The Bertz CT molecular complexity index is 1030. The maximum atomic E-state index is 12.3. The molecule has 0 atom stereocenters. The van der Waals surface area contributed by atoms with Crippen LogP contribution in [0, 0.1) is 13.8 Å². The van der Waals surface area contributed by atoms with Gasteiger partial charge in [0.2, 0.25) is 0 Å². The van der Waals surface area contributed by atoms with E-state index in [1.165, 1.54) is 0 Å². The number of piperidine rings is 1. The van der Waals surface area contributed by atoms with Crippen LogP contribution in [-0.4, -0.2) is 46.0 Å². The van der Waals surface area contributed by atoms with Crippen molar-refractivity contribution in [2.24, 2.45) is 0 Å². The van der Waals surface area contributed by atoms with E-state index < -0.39 is 0 Å². The first-order valence-electron chi connectivity index (χ1n) is 9.41. The number of aromatic nitrogens is 3. The van der Waals surface area contributed by atoms with Gasteiger partial charge in [-0.3, -0.25) is 9.78 Å². The number of H-pyrrole nitrogens is 1. The minimum Gasteiger partial charge on any atom is -0.366 e. The maximum Gasteiger partial charge on any atom is 0.251 e. The van der Waals surface area contributed by atoms with Crippen molar-refractivity contribution in [1.82, 2.24) is 19.9 Å². The van der Waals surface area contributed by atoms with E-state index in [0.29, 0.717) is 11.6 Å². The molecule has 0 radical (unpaired) electrons. The molecule has 0 saturated carbocycles. The van der Waals surface area contributed by atoms with Crippen LogP contribution in [0.15, 0.2) is 35.5 Å². The summed E-state index contributed by atoms with van der Waals surface area (Å²) in [4.78, 5) is 26.7. The second-order valence-corrected chi connectivity index (χ2v) is 7.56. The molecule has 1 fully saturated rings. The normalized spacial score (nSPS) is 16.0. The molecule has 1 saturated heterocycles. The van der Waals surface area contributed by atoms with E-state index >= 15 is 0 Å². The number of likely N-dealkylation sites (tertiary alicyclic amines) is 1. The number of rotatable bonds is 3. The van der Waals surface area contributed by atoms with E-state index in [2.05, 4.69) is 38.3 Å². The van der Waals surface area contributed by atoms with E-state index in [-0.39, 0.29) is 5.56 Å². The Balaban J connectivity index is 1.81. The van der Waals surface area contributed by atoms with Gasteiger partial charge in [0.05, 0.1) is 5.52 Å². The van der Waals surface area contributed by atoms with Gasteiger partial charge in [0.1, 0.15) is 0 Å². The summed E-state index contributed by atoms with van der Waals surface area (Å²) in [6.45, 7) is 5.99. The quantitative estimate of drug-likeness (QED) is 0.748.